The van der Waals surface area contributed by atoms with E-state index in [1.807, 2.05) is 0 Å². The first-order valence-corrected chi connectivity index (χ1v) is 8.50. The summed E-state index contributed by atoms with van der Waals surface area (Å²) in [5.74, 6) is -1.07. The molecule has 2 N–H and O–H groups in total. The van der Waals surface area contributed by atoms with E-state index in [9.17, 15) is 27.6 Å². The van der Waals surface area contributed by atoms with Crippen molar-refractivity contribution in [2.75, 3.05) is 18.5 Å². The van der Waals surface area contributed by atoms with Gasteiger partial charge in [-0.1, -0.05) is 24.3 Å². The van der Waals surface area contributed by atoms with Gasteiger partial charge in [0.1, 0.15) is 5.75 Å². The van der Waals surface area contributed by atoms with E-state index < -0.39 is 24.7 Å². The number of ether oxygens (including phenoxy) is 1. The van der Waals surface area contributed by atoms with Gasteiger partial charge in [0, 0.05) is 5.56 Å². The largest absolute Gasteiger partial charge is 0.482 e. The first kappa shape index (κ1) is 20.2. The van der Waals surface area contributed by atoms with E-state index in [-0.39, 0.29) is 36.0 Å². The molecule has 2 aromatic rings. The number of carbonyl (C=O) groups excluding carboxylic acids is 3. The van der Waals surface area contributed by atoms with E-state index in [1.54, 1.807) is 18.2 Å². The molecular formula is C19H16F3N3O4. The van der Waals surface area contributed by atoms with Crippen LogP contribution in [0.15, 0.2) is 48.5 Å². The van der Waals surface area contributed by atoms with E-state index >= 15 is 0 Å². The predicted molar refractivity (Wildman–Crippen MR) is 96.3 cm³/mol. The number of nitrogens with zero attached hydrogens (tertiary/aromatic N) is 1. The Kier molecular flexibility index (Phi) is 5.71. The Balaban J connectivity index is 1.72. The van der Waals surface area contributed by atoms with Crippen LogP contribution in [0.5, 0.6) is 5.75 Å². The summed E-state index contributed by atoms with van der Waals surface area (Å²) in [6.07, 6.45) is -4.51. The number of imide groups is 1. The van der Waals surface area contributed by atoms with E-state index in [2.05, 4.69) is 10.6 Å². The molecule has 152 valence electrons. The van der Waals surface area contributed by atoms with Gasteiger partial charge in [0.05, 0.1) is 18.8 Å². The molecule has 7 nitrogen and oxygen atoms in total. The summed E-state index contributed by atoms with van der Waals surface area (Å²) in [6, 6.07) is 11.5. The number of amides is 4. The quantitative estimate of drug-likeness (QED) is 0.721. The number of hydrogen-bond donors (Lipinski definition) is 2. The molecule has 1 saturated heterocycles. The van der Waals surface area contributed by atoms with Crippen LogP contribution >= 0.6 is 0 Å². The van der Waals surface area contributed by atoms with Gasteiger partial charge in [-0.15, -0.1) is 0 Å². The lowest BCUT2D eigenvalue weighted by Gasteiger charge is -2.15. The maximum absolute atomic E-state index is 12.5. The highest BCUT2D eigenvalue weighted by Crippen LogP contribution is 2.27. The molecule has 0 radical (unpaired) electrons. The monoisotopic (exact) mass is 407 g/mol. The number of hydrogen-bond acceptors (Lipinski definition) is 4. The molecule has 1 aliphatic heterocycles. The molecule has 1 fully saturated rings. The number of anilines is 1. The fourth-order valence-electron chi connectivity index (χ4n) is 2.66. The Hall–Kier alpha value is -3.56. The van der Waals surface area contributed by atoms with E-state index in [0.717, 1.165) is 4.90 Å². The minimum absolute atomic E-state index is 0.00291. The van der Waals surface area contributed by atoms with Gasteiger partial charge in [-0.25, -0.2) is 4.79 Å². The molecule has 0 saturated carbocycles. The Morgan fingerprint density at radius 2 is 1.90 bits per heavy atom. The third-order valence-corrected chi connectivity index (χ3v) is 3.99. The zero-order valence-corrected chi connectivity index (χ0v) is 15.0. The lowest BCUT2D eigenvalue weighted by molar-refractivity contribution is -0.153. The van der Waals surface area contributed by atoms with E-state index in [4.69, 9.17) is 4.74 Å². The van der Waals surface area contributed by atoms with Crippen molar-refractivity contribution in [1.82, 2.24) is 10.2 Å². The summed E-state index contributed by atoms with van der Waals surface area (Å²) in [6.45, 7) is -1.56. The Bertz CT molecular complexity index is 930. The zero-order chi connectivity index (χ0) is 21.0. The molecule has 29 heavy (non-hydrogen) atoms. The normalized spacial score (nSPS) is 14.0. The second-order valence-corrected chi connectivity index (χ2v) is 6.19. The lowest BCUT2D eigenvalue weighted by atomic mass is 10.1. The zero-order valence-electron chi connectivity index (χ0n) is 15.0. The first-order valence-electron chi connectivity index (χ1n) is 8.50. The third-order valence-electron chi connectivity index (χ3n) is 3.99. The van der Waals surface area contributed by atoms with Gasteiger partial charge in [0.25, 0.3) is 5.91 Å². The minimum atomic E-state index is -4.51. The number of benzene rings is 2. The van der Waals surface area contributed by atoms with Crippen LogP contribution in [0.2, 0.25) is 0 Å². The molecule has 3 rings (SSSR count). The van der Waals surface area contributed by atoms with Gasteiger partial charge in [-0.3, -0.25) is 14.5 Å². The summed E-state index contributed by atoms with van der Waals surface area (Å²) in [7, 11) is 0. The molecule has 0 aromatic heterocycles. The number of halogens is 3. The molecule has 4 amide bonds. The van der Waals surface area contributed by atoms with Crippen LogP contribution < -0.4 is 15.4 Å². The minimum Gasteiger partial charge on any atom is -0.482 e. The van der Waals surface area contributed by atoms with Crippen LogP contribution in [0.1, 0.15) is 15.9 Å². The van der Waals surface area contributed by atoms with Gasteiger partial charge >= 0.3 is 12.2 Å². The van der Waals surface area contributed by atoms with Crippen LogP contribution in [0, 0.1) is 0 Å². The molecule has 1 aliphatic rings. The lowest BCUT2D eigenvalue weighted by Crippen LogP contribution is -2.30. The molecule has 10 heteroatoms. The van der Waals surface area contributed by atoms with Crippen molar-refractivity contribution in [1.29, 1.82) is 0 Å². The van der Waals surface area contributed by atoms with Crippen molar-refractivity contribution >= 4 is 23.5 Å². The number of alkyl halides is 3. The molecule has 2 aromatic carbocycles. The number of rotatable bonds is 6. The standard InChI is InChI=1S/C19H16F3N3O4/c20-19(21,22)11-29-15-7-2-1-6-14(15)24-17(27)13-5-3-4-12(8-13)10-25-16(26)9-23-18(25)28/h1-8H,9-11H2,(H,23,28)(H,24,27). The predicted octanol–water partition coefficient (Wildman–Crippen LogP) is 2.93. The number of urea groups is 1. The van der Waals surface area contributed by atoms with Gasteiger partial charge in [-0.05, 0) is 29.8 Å². The summed E-state index contributed by atoms with van der Waals surface area (Å²) in [4.78, 5) is 36.9. The fraction of sp³-hybridized carbons (Fsp3) is 0.211. The van der Waals surface area contributed by atoms with E-state index in [1.165, 1.54) is 30.3 Å². The van der Waals surface area contributed by atoms with Crippen molar-refractivity contribution in [3.8, 4) is 5.75 Å². The SMILES string of the molecule is O=C(Nc1ccccc1OCC(F)(F)F)c1cccc(CN2C(=O)CNC2=O)c1. The van der Waals surface area contributed by atoms with Crippen LogP contribution in [0.4, 0.5) is 23.7 Å². The van der Waals surface area contributed by atoms with Crippen LogP contribution in [0.3, 0.4) is 0 Å². The third kappa shape index (κ3) is 5.24. The molecule has 0 atom stereocenters. The van der Waals surface area contributed by atoms with Crippen molar-refractivity contribution < 1.29 is 32.3 Å². The average molecular weight is 407 g/mol. The van der Waals surface area contributed by atoms with Gasteiger partial charge in [0.15, 0.2) is 6.61 Å². The Morgan fingerprint density at radius 3 is 2.59 bits per heavy atom. The second kappa shape index (κ2) is 8.21. The highest BCUT2D eigenvalue weighted by atomic mass is 19.4. The Morgan fingerprint density at radius 1 is 1.14 bits per heavy atom. The second-order valence-electron chi connectivity index (χ2n) is 6.19. The highest BCUT2D eigenvalue weighted by molar-refractivity contribution is 6.05. The molecule has 0 aliphatic carbocycles. The molecular weight excluding hydrogens is 391 g/mol. The Labute approximate surface area is 163 Å². The summed E-state index contributed by atoms with van der Waals surface area (Å²) in [5.41, 5.74) is 0.839. The van der Waals surface area contributed by atoms with Crippen LogP contribution in [-0.2, 0) is 11.3 Å². The summed E-state index contributed by atoms with van der Waals surface area (Å²) >= 11 is 0. The maximum atomic E-state index is 12.5. The maximum Gasteiger partial charge on any atom is 0.422 e. The van der Waals surface area contributed by atoms with Crippen LogP contribution in [-0.4, -0.2) is 42.1 Å². The van der Waals surface area contributed by atoms with Crippen molar-refractivity contribution in [2.24, 2.45) is 0 Å². The van der Waals surface area contributed by atoms with Crippen molar-refractivity contribution in [2.45, 2.75) is 12.7 Å². The van der Waals surface area contributed by atoms with Crippen molar-refractivity contribution in [3.63, 3.8) is 0 Å². The van der Waals surface area contributed by atoms with Gasteiger partial charge in [0.2, 0.25) is 5.91 Å². The summed E-state index contributed by atoms with van der Waals surface area (Å²) < 4.78 is 41.9. The highest BCUT2D eigenvalue weighted by Gasteiger charge is 2.29. The average Bonchev–Trinajstić information content (AvgIpc) is 2.99. The number of nitrogens with one attached hydrogen (secondary N) is 2. The number of para-hydroxylation sites is 2. The van der Waals surface area contributed by atoms with Crippen LogP contribution in [0.25, 0.3) is 0 Å². The summed E-state index contributed by atoms with van der Waals surface area (Å²) in [5, 5.41) is 4.91. The molecule has 0 bridgehead atoms. The van der Waals surface area contributed by atoms with Gasteiger partial charge in [-0.2, -0.15) is 13.2 Å². The smallest absolute Gasteiger partial charge is 0.422 e. The molecule has 1 heterocycles. The topological polar surface area (TPSA) is 87.7 Å². The van der Waals surface area contributed by atoms with Gasteiger partial charge < -0.3 is 15.4 Å². The molecule has 0 spiro atoms. The van der Waals surface area contributed by atoms with E-state index in [0.29, 0.717) is 5.56 Å². The fourth-order valence-corrected chi connectivity index (χ4v) is 2.66. The van der Waals surface area contributed by atoms with Crippen molar-refractivity contribution in [3.05, 3.63) is 59.7 Å². The first-order chi connectivity index (χ1) is 13.7. The number of carbonyl (C=O) groups is 3. The molecule has 0 unspecified atom stereocenters.